The molecule has 2 atom stereocenters. The fraction of sp³-hybridized carbons (Fsp3) is 0.524. The number of aliphatic carboxylic acids is 2. The van der Waals surface area contributed by atoms with Crippen molar-refractivity contribution in [3.63, 3.8) is 0 Å². The fourth-order valence-corrected chi connectivity index (χ4v) is 6.01. The lowest BCUT2D eigenvalue weighted by molar-refractivity contribution is -0.178. The van der Waals surface area contributed by atoms with Crippen molar-refractivity contribution in [1.82, 2.24) is 20.5 Å². The molecule has 36 heavy (non-hydrogen) atoms. The summed E-state index contributed by atoms with van der Waals surface area (Å²) >= 11 is 2.42. The van der Waals surface area contributed by atoms with E-state index in [0.29, 0.717) is 30.7 Å². The number of hydrogen-bond acceptors (Lipinski definition) is 11. The van der Waals surface area contributed by atoms with Gasteiger partial charge in [-0.1, -0.05) is 12.1 Å². The first kappa shape index (κ1) is 25.9. The van der Waals surface area contributed by atoms with Crippen LogP contribution in [0.15, 0.2) is 21.8 Å². The van der Waals surface area contributed by atoms with E-state index in [4.69, 9.17) is 10.6 Å². The van der Waals surface area contributed by atoms with Crippen molar-refractivity contribution in [2.45, 2.75) is 49.6 Å². The fourth-order valence-electron chi connectivity index (χ4n) is 4.08. The molecule has 2 fully saturated rings. The number of carboxylic acids is 2. The first-order chi connectivity index (χ1) is 17.2. The van der Waals surface area contributed by atoms with Crippen molar-refractivity contribution < 1.29 is 34.2 Å². The van der Waals surface area contributed by atoms with Gasteiger partial charge < -0.3 is 31.4 Å². The van der Waals surface area contributed by atoms with Crippen LogP contribution in [-0.4, -0.2) is 85.4 Å². The van der Waals surface area contributed by atoms with Crippen molar-refractivity contribution in [3.8, 4) is 0 Å². The van der Waals surface area contributed by atoms with Crippen LogP contribution in [0.5, 0.6) is 0 Å². The average Bonchev–Trinajstić information content (AvgIpc) is 3.24. The highest BCUT2D eigenvalue weighted by Gasteiger charge is 2.54. The number of hydrogen-bond donors (Lipinski definition) is 5. The van der Waals surface area contributed by atoms with E-state index in [-0.39, 0.29) is 35.1 Å². The smallest absolute Gasteiger partial charge is 0.352 e. The van der Waals surface area contributed by atoms with Gasteiger partial charge in [0.25, 0.3) is 11.8 Å². The Morgan fingerprint density at radius 1 is 1.36 bits per heavy atom. The number of nitrogens with two attached hydrogens (primary N) is 1. The zero-order valence-electron chi connectivity index (χ0n) is 19.4. The molecule has 3 heterocycles. The van der Waals surface area contributed by atoms with Crippen LogP contribution in [0.25, 0.3) is 0 Å². The van der Waals surface area contributed by atoms with E-state index in [1.165, 1.54) is 22.0 Å². The van der Waals surface area contributed by atoms with Crippen LogP contribution in [0.4, 0.5) is 5.13 Å². The zero-order valence-corrected chi connectivity index (χ0v) is 21.0. The van der Waals surface area contributed by atoms with Crippen LogP contribution in [0.1, 0.15) is 38.3 Å². The highest BCUT2D eigenvalue weighted by atomic mass is 32.2. The molecule has 2 amide bonds. The van der Waals surface area contributed by atoms with Gasteiger partial charge in [0, 0.05) is 24.0 Å². The molecule has 2 aliphatic heterocycles. The number of nitrogen functional groups attached to an aromatic ring is 1. The van der Waals surface area contributed by atoms with Crippen LogP contribution in [0.2, 0.25) is 0 Å². The van der Waals surface area contributed by atoms with E-state index in [0.717, 1.165) is 17.9 Å². The molecule has 1 aromatic heterocycles. The molecular formula is C21H26N6O7S2. The van der Waals surface area contributed by atoms with E-state index >= 15 is 0 Å². The highest BCUT2D eigenvalue weighted by Crippen LogP contribution is 2.41. The summed E-state index contributed by atoms with van der Waals surface area (Å²) in [4.78, 5) is 60.2. The molecule has 0 aromatic carbocycles. The minimum absolute atomic E-state index is 0.0509. The molecule has 15 heteroatoms. The summed E-state index contributed by atoms with van der Waals surface area (Å²) in [6.45, 7) is 3.28. The second-order valence-electron chi connectivity index (χ2n) is 8.48. The largest absolute Gasteiger partial charge is 0.478 e. The quantitative estimate of drug-likeness (QED) is 0.112. The Morgan fingerprint density at radius 2 is 2.11 bits per heavy atom. The summed E-state index contributed by atoms with van der Waals surface area (Å²) in [5, 5.41) is 29.8. The summed E-state index contributed by atoms with van der Waals surface area (Å²) in [6.07, 6.45) is 1.62. The monoisotopic (exact) mass is 538 g/mol. The molecule has 1 aliphatic carbocycles. The molecule has 13 nitrogen and oxygen atoms in total. The van der Waals surface area contributed by atoms with Crippen molar-refractivity contribution >= 4 is 57.7 Å². The van der Waals surface area contributed by atoms with Gasteiger partial charge in [-0.15, -0.1) is 23.1 Å². The number of nitrogens with zero attached hydrogens (tertiary/aromatic N) is 3. The SMILES string of the molecule is CCNCCC1=C(C(=O)O)N2C(=O)C(NC(=O)C(=NOC3(C(=O)O)CCC3)c3csc(N)n3)[C@@H]2SC1. The molecule has 1 saturated carbocycles. The predicted molar refractivity (Wildman–Crippen MR) is 131 cm³/mol. The minimum atomic E-state index is -1.51. The third-order valence-electron chi connectivity index (χ3n) is 6.23. The maximum absolute atomic E-state index is 13.2. The third-order valence-corrected chi connectivity index (χ3v) is 8.25. The van der Waals surface area contributed by atoms with Crippen molar-refractivity contribution in [1.29, 1.82) is 0 Å². The second kappa shape index (κ2) is 10.4. The number of oxime groups is 1. The Labute approximate surface area is 214 Å². The van der Waals surface area contributed by atoms with Gasteiger partial charge in [0.1, 0.15) is 22.8 Å². The Kier molecular flexibility index (Phi) is 7.51. The number of carbonyl (C=O) groups excluding carboxylic acids is 2. The number of β-lactam (4-membered cyclic amide) rings is 1. The van der Waals surface area contributed by atoms with Crippen LogP contribution in [0, 0.1) is 0 Å². The summed E-state index contributed by atoms with van der Waals surface area (Å²) < 4.78 is 0. The Hall–Kier alpha value is -3.17. The number of carboxylic acid groups (broad SMARTS) is 2. The molecule has 1 aromatic rings. The van der Waals surface area contributed by atoms with Crippen LogP contribution >= 0.6 is 23.1 Å². The molecular weight excluding hydrogens is 512 g/mol. The van der Waals surface area contributed by atoms with Gasteiger partial charge in [-0.05, 0) is 31.5 Å². The summed E-state index contributed by atoms with van der Waals surface area (Å²) in [7, 11) is 0. The van der Waals surface area contributed by atoms with Gasteiger partial charge in [-0.3, -0.25) is 14.5 Å². The molecule has 0 bridgehead atoms. The third kappa shape index (κ3) is 4.77. The number of thiazole rings is 1. The van der Waals surface area contributed by atoms with Crippen LogP contribution in [-0.2, 0) is 24.0 Å². The average molecular weight is 539 g/mol. The number of nitrogens with one attached hydrogen (secondary N) is 2. The highest BCUT2D eigenvalue weighted by molar-refractivity contribution is 8.00. The molecule has 6 N–H and O–H groups in total. The second-order valence-corrected chi connectivity index (χ2v) is 10.5. The van der Waals surface area contributed by atoms with Gasteiger partial charge in [-0.25, -0.2) is 14.6 Å². The number of rotatable bonds is 11. The molecule has 3 aliphatic rings. The van der Waals surface area contributed by atoms with Crippen LogP contribution < -0.4 is 16.4 Å². The molecule has 194 valence electrons. The zero-order chi connectivity index (χ0) is 26.0. The number of anilines is 1. The van der Waals surface area contributed by atoms with Gasteiger partial charge >= 0.3 is 11.9 Å². The Morgan fingerprint density at radius 3 is 2.67 bits per heavy atom. The summed E-state index contributed by atoms with van der Waals surface area (Å²) in [5.41, 5.74) is 4.53. The van der Waals surface area contributed by atoms with Gasteiger partial charge in [0.05, 0.1) is 0 Å². The topological polar surface area (TPSA) is 197 Å². The lowest BCUT2D eigenvalue weighted by atomic mass is 9.80. The maximum atomic E-state index is 13.2. The van der Waals surface area contributed by atoms with E-state index in [2.05, 4.69) is 20.8 Å². The molecule has 1 saturated heterocycles. The molecule has 4 rings (SSSR count). The molecule has 0 spiro atoms. The van der Waals surface area contributed by atoms with Crippen molar-refractivity contribution in [2.24, 2.45) is 5.16 Å². The number of fused-ring (bicyclic) bond motifs is 1. The lowest BCUT2D eigenvalue weighted by Gasteiger charge is -2.49. The van der Waals surface area contributed by atoms with Gasteiger partial charge in [0.2, 0.25) is 5.60 Å². The standard InChI is InChI=1S/C21H26N6O7S2/c1-2-23-7-4-10-8-35-17-13(16(29)27(17)14(10)18(30)31)25-15(28)12(11-9-36-20(22)24-11)26-34-21(19(32)33)5-3-6-21/h9,13,17,23H,2-8H2,1H3,(H2,22,24)(H,25,28)(H,30,31)(H,32,33)/t13?,17-/m0/s1. The Balaban J connectivity index is 1.52. The normalized spacial score (nSPS) is 22.9. The molecule has 1 unspecified atom stereocenters. The number of amides is 2. The van der Waals surface area contributed by atoms with E-state index in [1.54, 1.807) is 0 Å². The van der Waals surface area contributed by atoms with Crippen LogP contribution in [0.3, 0.4) is 0 Å². The first-order valence-corrected chi connectivity index (χ1v) is 13.2. The van der Waals surface area contributed by atoms with E-state index in [9.17, 15) is 29.4 Å². The minimum Gasteiger partial charge on any atom is -0.478 e. The van der Waals surface area contributed by atoms with Gasteiger partial charge in [0.15, 0.2) is 10.8 Å². The number of thioether (sulfide) groups is 1. The maximum Gasteiger partial charge on any atom is 0.352 e. The van der Waals surface area contributed by atoms with E-state index < -0.39 is 40.8 Å². The summed E-state index contributed by atoms with van der Waals surface area (Å²) in [5.74, 6) is -3.34. The lowest BCUT2D eigenvalue weighted by Crippen LogP contribution is -2.71. The number of carbonyl (C=O) groups is 4. The van der Waals surface area contributed by atoms with Gasteiger partial charge in [-0.2, -0.15) is 0 Å². The first-order valence-electron chi connectivity index (χ1n) is 11.3. The number of aromatic nitrogens is 1. The van der Waals surface area contributed by atoms with Crippen molar-refractivity contribution in [3.05, 3.63) is 22.3 Å². The Bertz CT molecular complexity index is 1150. The van der Waals surface area contributed by atoms with Crippen molar-refractivity contribution in [2.75, 3.05) is 24.6 Å². The van der Waals surface area contributed by atoms with E-state index in [1.807, 2.05) is 6.92 Å². The molecule has 0 radical (unpaired) electrons. The predicted octanol–water partition coefficient (Wildman–Crippen LogP) is 0.192. The summed E-state index contributed by atoms with van der Waals surface area (Å²) in [6, 6.07) is -0.995.